The third kappa shape index (κ3) is 2.87. The second kappa shape index (κ2) is 3.90. The molecule has 2 nitrogen and oxygen atoms in total. The molecule has 54 valence electrons. The number of likely N-dealkylation sites (N-methyl/N-ethyl adjacent to an activating group) is 1. The van der Waals surface area contributed by atoms with Gasteiger partial charge in [0, 0.05) is 5.75 Å². The van der Waals surface area contributed by atoms with E-state index in [0.717, 1.165) is 0 Å². The molecule has 0 aliphatic carbocycles. The van der Waals surface area contributed by atoms with E-state index in [1.54, 1.807) is 6.92 Å². The maximum Gasteiger partial charge on any atom is 0.147 e. The highest BCUT2D eigenvalue weighted by molar-refractivity contribution is 7.80. The average Bonchev–Trinajstić information content (AvgIpc) is 1.64. The number of rotatable bonds is 3. The monoisotopic (exact) mass is 147 g/mol. The number of carbonyl (C=O) groups is 1. The van der Waals surface area contributed by atoms with Crippen LogP contribution >= 0.6 is 12.6 Å². The fourth-order valence-electron chi connectivity index (χ4n) is 0.655. The summed E-state index contributed by atoms with van der Waals surface area (Å²) in [5.74, 6) is 0.775. The van der Waals surface area contributed by atoms with Crippen molar-refractivity contribution in [1.82, 2.24) is 4.90 Å². The normalized spacial score (nSPS) is 13.9. The molecule has 0 bridgehead atoms. The van der Waals surface area contributed by atoms with Gasteiger partial charge in [0.15, 0.2) is 0 Å². The van der Waals surface area contributed by atoms with Crippen molar-refractivity contribution >= 4 is 18.4 Å². The second-order valence-electron chi connectivity index (χ2n) is 2.27. The minimum atomic E-state index is -0.0201. The van der Waals surface area contributed by atoms with E-state index >= 15 is 0 Å². The molecule has 0 radical (unpaired) electrons. The van der Waals surface area contributed by atoms with Gasteiger partial charge in [0.25, 0.3) is 0 Å². The molecule has 1 unspecified atom stereocenters. The van der Waals surface area contributed by atoms with Gasteiger partial charge >= 0.3 is 0 Å². The molecule has 0 rings (SSSR count). The van der Waals surface area contributed by atoms with E-state index in [1.165, 1.54) is 0 Å². The fraction of sp³-hybridized carbons (Fsp3) is 0.833. The van der Waals surface area contributed by atoms with Crippen molar-refractivity contribution in [3.05, 3.63) is 0 Å². The molecule has 0 N–H and O–H groups in total. The van der Waals surface area contributed by atoms with Crippen molar-refractivity contribution < 1.29 is 4.79 Å². The lowest BCUT2D eigenvalue weighted by Crippen LogP contribution is -2.35. The predicted octanol–water partition coefficient (Wildman–Crippen LogP) is 0.435. The molecule has 0 aromatic rings. The highest BCUT2D eigenvalue weighted by Gasteiger charge is 2.12. The molecule has 0 saturated carbocycles. The lowest BCUT2D eigenvalue weighted by molar-refractivity contribution is -0.120. The Balaban J connectivity index is 3.83. The van der Waals surface area contributed by atoms with Crippen LogP contribution in [0.3, 0.4) is 0 Å². The molecule has 0 aromatic carbocycles. The molecule has 0 fully saturated rings. The molecule has 0 aliphatic heterocycles. The summed E-state index contributed by atoms with van der Waals surface area (Å²) in [4.78, 5) is 12.6. The van der Waals surface area contributed by atoms with Gasteiger partial charge in [-0.05, 0) is 21.0 Å². The molecule has 0 spiro atoms. The van der Waals surface area contributed by atoms with Gasteiger partial charge in [-0.1, -0.05) is 0 Å². The Morgan fingerprint density at radius 1 is 1.67 bits per heavy atom. The van der Waals surface area contributed by atoms with Crippen molar-refractivity contribution in [1.29, 1.82) is 0 Å². The molecule has 0 saturated heterocycles. The summed E-state index contributed by atoms with van der Waals surface area (Å²) < 4.78 is 0. The zero-order valence-electron chi connectivity index (χ0n) is 6.09. The lowest BCUT2D eigenvalue weighted by Gasteiger charge is -2.18. The molecule has 3 heteroatoms. The maximum absolute atomic E-state index is 10.7. The molecule has 0 amide bonds. The van der Waals surface area contributed by atoms with Crippen LogP contribution < -0.4 is 0 Å². The van der Waals surface area contributed by atoms with Crippen molar-refractivity contribution in [3.63, 3.8) is 0 Å². The van der Waals surface area contributed by atoms with Gasteiger partial charge in [-0.2, -0.15) is 12.6 Å². The highest BCUT2D eigenvalue weighted by atomic mass is 32.1. The first kappa shape index (κ1) is 8.98. The van der Waals surface area contributed by atoms with Crippen LogP contribution in [0.5, 0.6) is 0 Å². The number of Topliss-reactive ketones (excluding diaryl/α,β-unsaturated/α-hetero) is 1. The molecular weight excluding hydrogens is 134 g/mol. The Bertz CT molecular complexity index is 103. The Labute approximate surface area is 61.6 Å². The molecule has 0 aromatic heterocycles. The van der Waals surface area contributed by atoms with Gasteiger partial charge < -0.3 is 0 Å². The Kier molecular flexibility index (Phi) is 3.89. The number of hydrogen-bond acceptors (Lipinski definition) is 3. The molecule has 0 heterocycles. The summed E-state index contributed by atoms with van der Waals surface area (Å²) in [6.45, 7) is 1.58. The van der Waals surface area contributed by atoms with Crippen molar-refractivity contribution in [2.24, 2.45) is 0 Å². The molecule has 9 heavy (non-hydrogen) atoms. The van der Waals surface area contributed by atoms with Crippen molar-refractivity contribution in [3.8, 4) is 0 Å². The summed E-state index contributed by atoms with van der Waals surface area (Å²) >= 11 is 4.03. The number of ketones is 1. The minimum absolute atomic E-state index is 0.0201. The van der Waals surface area contributed by atoms with Crippen LogP contribution in [0.25, 0.3) is 0 Å². The Morgan fingerprint density at radius 2 is 2.11 bits per heavy atom. The fourth-order valence-corrected chi connectivity index (χ4v) is 1.24. The van der Waals surface area contributed by atoms with Gasteiger partial charge in [-0.3, -0.25) is 9.69 Å². The van der Waals surface area contributed by atoms with Crippen LogP contribution in [0.15, 0.2) is 0 Å². The first-order chi connectivity index (χ1) is 4.09. The predicted molar refractivity (Wildman–Crippen MR) is 42.0 cm³/mol. The van der Waals surface area contributed by atoms with Crippen LogP contribution in [0.4, 0.5) is 0 Å². The summed E-state index contributed by atoms with van der Waals surface area (Å²) in [6, 6.07) is -0.0201. The zero-order chi connectivity index (χ0) is 7.44. The average molecular weight is 147 g/mol. The van der Waals surface area contributed by atoms with Crippen LogP contribution in [0.2, 0.25) is 0 Å². The van der Waals surface area contributed by atoms with Crippen LogP contribution in [-0.4, -0.2) is 36.6 Å². The van der Waals surface area contributed by atoms with Crippen LogP contribution in [0, 0.1) is 0 Å². The van der Waals surface area contributed by atoms with E-state index < -0.39 is 0 Å². The van der Waals surface area contributed by atoms with E-state index in [9.17, 15) is 4.79 Å². The minimum Gasteiger partial charge on any atom is -0.299 e. The van der Waals surface area contributed by atoms with Crippen LogP contribution in [-0.2, 0) is 4.79 Å². The quantitative estimate of drug-likeness (QED) is 0.584. The topological polar surface area (TPSA) is 20.3 Å². The first-order valence-corrected chi connectivity index (χ1v) is 3.50. The van der Waals surface area contributed by atoms with Gasteiger partial charge in [0.1, 0.15) is 5.78 Å². The molecular formula is C6H13NOS. The Morgan fingerprint density at radius 3 is 2.11 bits per heavy atom. The summed E-state index contributed by atoms with van der Waals surface area (Å²) in [5.41, 5.74) is 0. The SMILES string of the molecule is CC(=O)C(CS)N(C)C. The third-order valence-corrected chi connectivity index (χ3v) is 1.61. The van der Waals surface area contributed by atoms with E-state index in [4.69, 9.17) is 0 Å². The molecule has 0 aliphatic rings. The second-order valence-corrected chi connectivity index (χ2v) is 2.64. The van der Waals surface area contributed by atoms with Crippen molar-refractivity contribution in [2.45, 2.75) is 13.0 Å². The van der Waals surface area contributed by atoms with Crippen LogP contribution in [0.1, 0.15) is 6.92 Å². The smallest absolute Gasteiger partial charge is 0.147 e. The summed E-state index contributed by atoms with van der Waals surface area (Å²) in [6.07, 6.45) is 0. The van der Waals surface area contributed by atoms with Crippen molar-refractivity contribution in [2.75, 3.05) is 19.8 Å². The number of thiol groups is 1. The zero-order valence-corrected chi connectivity index (χ0v) is 6.98. The standard InChI is InChI=1S/C6H13NOS/c1-5(8)6(4-9)7(2)3/h6,9H,4H2,1-3H3. The summed E-state index contributed by atoms with van der Waals surface area (Å²) in [5, 5.41) is 0. The maximum atomic E-state index is 10.7. The lowest BCUT2D eigenvalue weighted by atomic mass is 10.2. The van der Waals surface area contributed by atoms with E-state index in [-0.39, 0.29) is 11.8 Å². The number of nitrogens with zero attached hydrogens (tertiary/aromatic N) is 1. The van der Waals surface area contributed by atoms with E-state index in [2.05, 4.69) is 12.6 Å². The van der Waals surface area contributed by atoms with E-state index in [1.807, 2.05) is 19.0 Å². The Hall–Kier alpha value is -0.0200. The largest absolute Gasteiger partial charge is 0.299 e. The van der Waals surface area contributed by atoms with Gasteiger partial charge in [-0.25, -0.2) is 0 Å². The number of hydrogen-bond donors (Lipinski definition) is 1. The summed E-state index contributed by atoms with van der Waals surface area (Å²) in [7, 11) is 3.75. The molecule has 1 atom stereocenters. The van der Waals surface area contributed by atoms with Gasteiger partial charge in [0.05, 0.1) is 6.04 Å². The highest BCUT2D eigenvalue weighted by Crippen LogP contribution is 1.96. The third-order valence-electron chi connectivity index (χ3n) is 1.27. The van der Waals surface area contributed by atoms with Gasteiger partial charge in [0.2, 0.25) is 0 Å². The van der Waals surface area contributed by atoms with Gasteiger partial charge in [-0.15, -0.1) is 0 Å². The van der Waals surface area contributed by atoms with E-state index in [0.29, 0.717) is 5.75 Å². The number of carbonyl (C=O) groups excluding carboxylic acids is 1. The first-order valence-electron chi connectivity index (χ1n) is 2.87.